The van der Waals surface area contributed by atoms with Gasteiger partial charge in [-0.2, -0.15) is 0 Å². The van der Waals surface area contributed by atoms with E-state index in [1.54, 1.807) is 12.1 Å². The Hall–Kier alpha value is -2.76. The summed E-state index contributed by atoms with van der Waals surface area (Å²) in [7, 11) is 0. The van der Waals surface area contributed by atoms with Gasteiger partial charge < -0.3 is 20.0 Å². The van der Waals surface area contributed by atoms with Crippen LogP contribution in [0.15, 0.2) is 40.8 Å². The number of primary amides is 1. The smallest absolute Gasteiger partial charge is 0.371 e. The standard InChI is InChI=1S/C12H9NO5/c13-11(14)7-3-1-2-4-8(7)17-10-6-5-9(18-10)12(15)16/h1-6H,(H2,13,14)(H,15,16). The first-order chi connectivity index (χ1) is 8.58. The van der Waals surface area contributed by atoms with Crippen molar-refractivity contribution in [1.29, 1.82) is 0 Å². The zero-order chi connectivity index (χ0) is 13.1. The second-order valence-electron chi connectivity index (χ2n) is 3.39. The zero-order valence-electron chi connectivity index (χ0n) is 9.12. The number of para-hydroxylation sites is 1. The number of amides is 1. The first kappa shape index (κ1) is 11.7. The molecule has 6 nitrogen and oxygen atoms in total. The van der Waals surface area contributed by atoms with E-state index in [0.717, 1.165) is 0 Å². The van der Waals surface area contributed by atoms with Crippen LogP contribution in [0.3, 0.4) is 0 Å². The Morgan fingerprint density at radius 2 is 1.89 bits per heavy atom. The fourth-order valence-electron chi connectivity index (χ4n) is 1.36. The molecule has 1 amide bonds. The Morgan fingerprint density at radius 3 is 2.50 bits per heavy atom. The Morgan fingerprint density at radius 1 is 1.17 bits per heavy atom. The molecule has 92 valence electrons. The van der Waals surface area contributed by atoms with E-state index in [1.165, 1.54) is 24.3 Å². The average Bonchev–Trinajstić information content (AvgIpc) is 2.78. The van der Waals surface area contributed by atoms with Gasteiger partial charge in [-0.25, -0.2) is 4.79 Å². The van der Waals surface area contributed by atoms with Crippen LogP contribution in [0.5, 0.6) is 11.7 Å². The van der Waals surface area contributed by atoms with Gasteiger partial charge in [0.15, 0.2) is 0 Å². The monoisotopic (exact) mass is 247 g/mol. The minimum Gasteiger partial charge on any atom is -0.475 e. The number of carbonyl (C=O) groups is 2. The minimum atomic E-state index is -1.20. The maximum atomic E-state index is 11.1. The van der Waals surface area contributed by atoms with Crippen molar-refractivity contribution in [3.63, 3.8) is 0 Å². The summed E-state index contributed by atoms with van der Waals surface area (Å²) in [5.41, 5.74) is 5.36. The van der Waals surface area contributed by atoms with Crippen LogP contribution >= 0.6 is 0 Å². The first-order valence-electron chi connectivity index (χ1n) is 4.98. The Labute approximate surface area is 102 Å². The van der Waals surface area contributed by atoms with Crippen molar-refractivity contribution in [3.05, 3.63) is 47.7 Å². The molecule has 0 bridgehead atoms. The van der Waals surface area contributed by atoms with Crippen molar-refractivity contribution in [2.75, 3.05) is 0 Å². The number of benzene rings is 1. The molecule has 1 aromatic heterocycles. The van der Waals surface area contributed by atoms with Crippen molar-refractivity contribution in [2.45, 2.75) is 0 Å². The molecular formula is C12H9NO5. The molecule has 0 saturated heterocycles. The third-order valence-corrected chi connectivity index (χ3v) is 2.16. The maximum absolute atomic E-state index is 11.1. The quantitative estimate of drug-likeness (QED) is 0.858. The predicted octanol–water partition coefficient (Wildman–Crippen LogP) is 1.87. The molecule has 3 N–H and O–H groups in total. The highest BCUT2D eigenvalue weighted by Crippen LogP contribution is 2.26. The molecule has 1 heterocycles. The number of ether oxygens (including phenoxy) is 1. The van der Waals surface area contributed by atoms with Gasteiger partial charge in [-0.3, -0.25) is 4.79 Å². The van der Waals surface area contributed by atoms with Crippen LogP contribution in [0.4, 0.5) is 0 Å². The van der Waals surface area contributed by atoms with Gasteiger partial charge in [-0.1, -0.05) is 12.1 Å². The third-order valence-electron chi connectivity index (χ3n) is 2.16. The number of carboxylic acid groups (broad SMARTS) is 1. The number of carbonyl (C=O) groups excluding carboxylic acids is 1. The zero-order valence-corrected chi connectivity index (χ0v) is 9.12. The molecule has 0 fully saturated rings. The highest BCUT2D eigenvalue weighted by molar-refractivity contribution is 5.95. The average molecular weight is 247 g/mol. The van der Waals surface area contributed by atoms with Crippen molar-refractivity contribution in [1.82, 2.24) is 0 Å². The van der Waals surface area contributed by atoms with Crippen LogP contribution in [-0.2, 0) is 0 Å². The van der Waals surface area contributed by atoms with E-state index in [4.69, 9.17) is 20.0 Å². The lowest BCUT2D eigenvalue weighted by atomic mass is 10.2. The van der Waals surface area contributed by atoms with E-state index >= 15 is 0 Å². The molecule has 1 aromatic carbocycles. The second-order valence-corrected chi connectivity index (χ2v) is 3.39. The lowest BCUT2D eigenvalue weighted by molar-refractivity contribution is 0.0656. The Balaban J connectivity index is 2.28. The van der Waals surface area contributed by atoms with Gasteiger partial charge in [0, 0.05) is 6.07 Å². The molecule has 0 radical (unpaired) electrons. The van der Waals surface area contributed by atoms with Gasteiger partial charge >= 0.3 is 5.97 Å². The minimum absolute atomic E-state index is 0.0268. The summed E-state index contributed by atoms with van der Waals surface area (Å²) in [4.78, 5) is 21.8. The molecular weight excluding hydrogens is 238 g/mol. The molecule has 0 spiro atoms. The van der Waals surface area contributed by atoms with Crippen molar-refractivity contribution >= 4 is 11.9 Å². The second kappa shape index (κ2) is 4.62. The number of aromatic carboxylic acids is 1. The van der Waals surface area contributed by atoms with Crippen molar-refractivity contribution < 1.29 is 23.8 Å². The fraction of sp³-hybridized carbons (Fsp3) is 0. The summed E-state index contributed by atoms with van der Waals surface area (Å²) in [6, 6.07) is 8.92. The normalized spacial score (nSPS) is 10.0. The van der Waals surface area contributed by atoms with Crippen LogP contribution in [-0.4, -0.2) is 17.0 Å². The third kappa shape index (κ3) is 2.32. The lowest BCUT2D eigenvalue weighted by Gasteiger charge is -2.05. The summed E-state index contributed by atoms with van der Waals surface area (Å²) in [5.74, 6) is -1.91. The topological polar surface area (TPSA) is 103 Å². The van der Waals surface area contributed by atoms with Gasteiger partial charge in [0.2, 0.25) is 5.76 Å². The molecule has 0 aliphatic rings. The Bertz CT molecular complexity index is 602. The molecule has 0 atom stereocenters. The van der Waals surface area contributed by atoms with E-state index in [2.05, 4.69) is 0 Å². The van der Waals surface area contributed by atoms with E-state index < -0.39 is 11.9 Å². The number of rotatable bonds is 4. The van der Waals surface area contributed by atoms with Crippen LogP contribution in [0.1, 0.15) is 20.9 Å². The van der Waals surface area contributed by atoms with Gasteiger partial charge in [0.1, 0.15) is 5.75 Å². The largest absolute Gasteiger partial charge is 0.475 e. The van der Waals surface area contributed by atoms with Crippen LogP contribution in [0.2, 0.25) is 0 Å². The van der Waals surface area contributed by atoms with Crippen LogP contribution < -0.4 is 10.5 Å². The molecule has 6 heteroatoms. The van der Waals surface area contributed by atoms with E-state index in [0.29, 0.717) is 0 Å². The van der Waals surface area contributed by atoms with Gasteiger partial charge in [-0.05, 0) is 18.2 Å². The summed E-state index contributed by atoms with van der Waals surface area (Å²) >= 11 is 0. The summed E-state index contributed by atoms with van der Waals surface area (Å²) in [5, 5.41) is 8.68. The molecule has 2 rings (SSSR count). The predicted molar refractivity (Wildman–Crippen MR) is 60.7 cm³/mol. The van der Waals surface area contributed by atoms with Gasteiger partial charge in [0.25, 0.3) is 11.9 Å². The lowest BCUT2D eigenvalue weighted by Crippen LogP contribution is -2.11. The molecule has 0 saturated carbocycles. The summed E-state index contributed by atoms with van der Waals surface area (Å²) in [6.07, 6.45) is 0. The molecule has 0 unspecified atom stereocenters. The van der Waals surface area contributed by atoms with Crippen LogP contribution in [0.25, 0.3) is 0 Å². The van der Waals surface area contributed by atoms with Gasteiger partial charge in [0.05, 0.1) is 5.56 Å². The molecule has 0 aliphatic heterocycles. The molecule has 0 aliphatic carbocycles. The number of hydrogen-bond acceptors (Lipinski definition) is 4. The summed E-state index contributed by atoms with van der Waals surface area (Å²) < 4.78 is 10.2. The van der Waals surface area contributed by atoms with Crippen molar-refractivity contribution in [2.24, 2.45) is 5.73 Å². The number of nitrogens with two attached hydrogens (primary N) is 1. The summed E-state index contributed by atoms with van der Waals surface area (Å²) in [6.45, 7) is 0. The fourth-order valence-corrected chi connectivity index (χ4v) is 1.36. The SMILES string of the molecule is NC(=O)c1ccccc1Oc1ccc(C(=O)O)o1. The van der Waals surface area contributed by atoms with Crippen LogP contribution in [0, 0.1) is 0 Å². The van der Waals surface area contributed by atoms with E-state index in [-0.39, 0.29) is 23.0 Å². The van der Waals surface area contributed by atoms with E-state index in [9.17, 15) is 9.59 Å². The molecule has 18 heavy (non-hydrogen) atoms. The van der Waals surface area contributed by atoms with Crippen molar-refractivity contribution in [3.8, 4) is 11.7 Å². The number of hydrogen-bond donors (Lipinski definition) is 2. The first-order valence-corrected chi connectivity index (χ1v) is 4.98. The van der Waals surface area contributed by atoms with E-state index in [1.807, 2.05) is 0 Å². The highest BCUT2D eigenvalue weighted by atomic mass is 16.6. The molecule has 2 aromatic rings. The number of furan rings is 1. The van der Waals surface area contributed by atoms with Gasteiger partial charge in [-0.15, -0.1) is 0 Å². The maximum Gasteiger partial charge on any atom is 0.371 e. The number of carboxylic acids is 1. The Kier molecular flexibility index (Phi) is 3.01. The highest BCUT2D eigenvalue weighted by Gasteiger charge is 2.13.